The van der Waals surface area contributed by atoms with Crippen LogP contribution in [0, 0.1) is 0 Å². The van der Waals surface area contributed by atoms with Crippen molar-refractivity contribution in [3.05, 3.63) is 36.5 Å². The lowest BCUT2D eigenvalue weighted by Crippen LogP contribution is -2.43. The molecule has 3 heterocycles. The number of carbonyl (C=O) groups excluding carboxylic acids is 1. The number of hydrogen-bond acceptors (Lipinski definition) is 7. The lowest BCUT2D eigenvalue weighted by atomic mass is 9.99. The molecule has 0 bridgehead atoms. The Morgan fingerprint density at radius 1 is 1.28 bits per heavy atom. The first-order valence-corrected chi connectivity index (χ1v) is 8.43. The van der Waals surface area contributed by atoms with Crippen molar-refractivity contribution in [2.45, 2.75) is 25.3 Å². The SMILES string of the molecule is CN(C)CC(=O)N1CCCCC1c1ccnc(Nc2cnccn2)n1. The molecule has 0 spiro atoms. The van der Waals surface area contributed by atoms with Gasteiger partial charge in [-0.15, -0.1) is 0 Å². The molecular weight excluding hydrogens is 318 g/mol. The van der Waals surface area contributed by atoms with Crippen LogP contribution in [0.15, 0.2) is 30.9 Å². The number of likely N-dealkylation sites (N-methyl/N-ethyl adjacent to an activating group) is 1. The fourth-order valence-electron chi connectivity index (χ4n) is 3.00. The van der Waals surface area contributed by atoms with E-state index in [1.165, 1.54) is 0 Å². The monoisotopic (exact) mass is 341 g/mol. The predicted octanol–water partition coefficient (Wildman–Crippen LogP) is 1.63. The molecule has 0 saturated carbocycles. The van der Waals surface area contributed by atoms with Crippen molar-refractivity contribution < 1.29 is 4.79 Å². The van der Waals surface area contributed by atoms with Crippen LogP contribution in [0.2, 0.25) is 0 Å². The van der Waals surface area contributed by atoms with Crippen LogP contribution in [0.5, 0.6) is 0 Å². The number of anilines is 2. The quantitative estimate of drug-likeness (QED) is 0.884. The maximum atomic E-state index is 12.6. The van der Waals surface area contributed by atoms with E-state index in [1.54, 1.807) is 24.8 Å². The fourth-order valence-corrected chi connectivity index (χ4v) is 3.00. The van der Waals surface area contributed by atoms with E-state index in [4.69, 9.17) is 0 Å². The molecule has 0 radical (unpaired) electrons. The summed E-state index contributed by atoms with van der Waals surface area (Å²) in [5.74, 6) is 1.18. The molecule has 1 aliphatic heterocycles. The van der Waals surface area contributed by atoms with Crippen LogP contribution in [0.3, 0.4) is 0 Å². The Bertz CT molecular complexity index is 707. The minimum atomic E-state index is -0.00777. The summed E-state index contributed by atoms with van der Waals surface area (Å²) in [6, 6.07) is 1.87. The summed E-state index contributed by atoms with van der Waals surface area (Å²) < 4.78 is 0. The molecule has 1 aliphatic rings. The standard InChI is InChI=1S/C17H23N7O/c1-23(2)12-16(25)24-10-4-3-5-14(24)13-6-7-20-17(21-13)22-15-11-18-8-9-19-15/h6-9,11,14H,3-5,10,12H2,1-2H3,(H,19,20,21,22). The van der Waals surface area contributed by atoms with Crippen LogP contribution < -0.4 is 5.32 Å². The minimum absolute atomic E-state index is 0.00777. The molecule has 2 aromatic rings. The summed E-state index contributed by atoms with van der Waals surface area (Å²) in [6.45, 7) is 1.18. The van der Waals surface area contributed by atoms with Gasteiger partial charge >= 0.3 is 0 Å². The smallest absolute Gasteiger partial charge is 0.237 e. The molecular formula is C17H23N7O. The summed E-state index contributed by atoms with van der Waals surface area (Å²) in [4.78, 5) is 33.5. The number of nitrogens with one attached hydrogen (secondary N) is 1. The molecule has 0 aromatic carbocycles. The first kappa shape index (κ1) is 17.2. The molecule has 0 aliphatic carbocycles. The van der Waals surface area contributed by atoms with Crippen molar-refractivity contribution >= 4 is 17.7 Å². The van der Waals surface area contributed by atoms with Gasteiger partial charge in [0.15, 0.2) is 5.82 Å². The van der Waals surface area contributed by atoms with Crippen LogP contribution in [-0.2, 0) is 4.79 Å². The molecule has 8 heteroatoms. The van der Waals surface area contributed by atoms with Gasteiger partial charge < -0.3 is 15.1 Å². The Morgan fingerprint density at radius 2 is 2.16 bits per heavy atom. The zero-order valence-corrected chi connectivity index (χ0v) is 14.6. The number of amides is 1. The zero-order chi connectivity index (χ0) is 17.6. The second-order valence-corrected chi connectivity index (χ2v) is 6.36. The summed E-state index contributed by atoms with van der Waals surface area (Å²) >= 11 is 0. The van der Waals surface area contributed by atoms with Gasteiger partial charge in [-0.2, -0.15) is 0 Å². The Labute approximate surface area is 147 Å². The molecule has 1 N–H and O–H groups in total. The maximum absolute atomic E-state index is 12.6. The van der Waals surface area contributed by atoms with Crippen LogP contribution in [0.4, 0.5) is 11.8 Å². The number of likely N-dealkylation sites (tertiary alicyclic amines) is 1. The van der Waals surface area contributed by atoms with Crippen LogP contribution in [0.25, 0.3) is 0 Å². The molecule has 1 unspecified atom stereocenters. The van der Waals surface area contributed by atoms with Crippen molar-refractivity contribution in [1.29, 1.82) is 0 Å². The van der Waals surface area contributed by atoms with Crippen LogP contribution >= 0.6 is 0 Å². The van der Waals surface area contributed by atoms with Gasteiger partial charge in [0.2, 0.25) is 11.9 Å². The molecule has 2 aromatic heterocycles. The lowest BCUT2D eigenvalue weighted by Gasteiger charge is -2.36. The minimum Gasteiger partial charge on any atom is -0.333 e. The molecule has 132 valence electrons. The van der Waals surface area contributed by atoms with E-state index in [-0.39, 0.29) is 11.9 Å². The van der Waals surface area contributed by atoms with E-state index in [0.717, 1.165) is 31.5 Å². The molecule has 1 amide bonds. The van der Waals surface area contributed by atoms with Crippen molar-refractivity contribution in [3.8, 4) is 0 Å². The number of hydrogen-bond donors (Lipinski definition) is 1. The fraction of sp³-hybridized carbons (Fsp3) is 0.471. The number of rotatable bonds is 5. The number of piperidine rings is 1. The summed E-state index contributed by atoms with van der Waals surface area (Å²) in [5.41, 5.74) is 0.855. The van der Waals surface area contributed by atoms with Gasteiger partial charge in [-0.1, -0.05) is 0 Å². The van der Waals surface area contributed by atoms with E-state index in [0.29, 0.717) is 18.3 Å². The molecule has 8 nitrogen and oxygen atoms in total. The number of carbonyl (C=O) groups is 1. The van der Waals surface area contributed by atoms with Crippen molar-refractivity contribution in [2.24, 2.45) is 0 Å². The zero-order valence-electron chi connectivity index (χ0n) is 14.6. The number of nitrogens with zero attached hydrogens (tertiary/aromatic N) is 6. The van der Waals surface area contributed by atoms with Gasteiger partial charge in [0.25, 0.3) is 0 Å². The third-order valence-corrected chi connectivity index (χ3v) is 4.10. The Balaban J connectivity index is 1.79. The highest BCUT2D eigenvalue weighted by atomic mass is 16.2. The molecule has 3 rings (SSSR count). The Hall–Kier alpha value is -2.61. The maximum Gasteiger partial charge on any atom is 0.237 e. The van der Waals surface area contributed by atoms with E-state index >= 15 is 0 Å². The lowest BCUT2D eigenvalue weighted by molar-refractivity contribution is -0.135. The van der Waals surface area contributed by atoms with Gasteiger partial charge in [-0.3, -0.25) is 9.78 Å². The topological polar surface area (TPSA) is 87.1 Å². The van der Waals surface area contributed by atoms with Crippen LogP contribution in [0.1, 0.15) is 31.0 Å². The van der Waals surface area contributed by atoms with E-state index < -0.39 is 0 Å². The summed E-state index contributed by atoms with van der Waals surface area (Å²) in [6.07, 6.45) is 9.58. The molecule has 1 fully saturated rings. The third kappa shape index (κ3) is 4.48. The average Bonchev–Trinajstić information content (AvgIpc) is 2.62. The van der Waals surface area contributed by atoms with E-state index in [1.807, 2.05) is 30.0 Å². The molecule has 25 heavy (non-hydrogen) atoms. The Kier molecular flexibility index (Phi) is 5.49. The van der Waals surface area contributed by atoms with Gasteiger partial charge in [-0.05, 0) is 39.4 Å². The Morgan fingerprint density at radius 3 is 2.92 bits per heavy atom. The second-order valence-electron chi connectivity index (χ2n) is 6.36. The molecule has 1 saturated heterocycles. The highest BCUT2D eigenvalue weighted by molar-refractivity contribution is 5.78. The highest BCUT2D eigenvalue weighted by Crippen LogP contribution is 2.30. The van der Waals surface area contributed by atoms with Gasteiger partial charge in [-0.25, -0.2) is 15.0 Å². The average molecular weight is 341 g/mol. The van der Waals surface area contributed by atoms with E-state index in [2.05, 4.69) is 25.3 Å². The second kappa shape index (κ2) is 7.98. The normalized spacial score (nSPS) is 17.6. The van der Waals surface area contributed by atoms with Crippen molar-refractivity contribution in [3.63, 3.8) is 0 Å². The summed E-state index contributed by atoms with van der Waals surface area (Å²) in [5, 5.41) is 3.05. The van der Waals surface area contributed by atoms with Crippen molar-refractivity contribution in [1.82, 2.24) is 29.7 Å². The first-order chi connectivity index (χ1) is 12.1. The highest BCUT2D eigenvalue weighted by Gasteiger charge is 2.29. The largest absolute Gasteiger partial charge is 0.333 e. The van der Waals surface area contributed by atoms with Crippen molar-refractivity contribution in [2.75, 3.05) is 32.5 Å². The van der Waals surface area contributed by atoms with Gasteiger partial charge in [0.05, 0.1) is 24.5 Å². The first-order valence-electron chi connectivity index (χ1n) is 8.43. The third-order valence-electron chi connectivity index (χ3n) is 4.10. The van der Waals surface area contributed by atoms with Gasteiger partial charge in [0, 0.05) is 25.1 Å². The van der Waals surface area contributed by atoms with Crippen LogP contribution in [-0.4, -0.2) is 62.8 Å². The van der Waals surface area contributed by atoms with Gasteiger partial charge in [0.1, 0.15) is 0 Å². The number of aromatic nitrogens is 4. The summed E-state index contributed by atoms with van der Waals surface area (Å²) in [7, 11) is 3.81. The van der Waals surface area contributed by atoms with E-state index in [9.17, 15) is 4.79 Å². The predicted molar refractivity (Wildman–Crippen MR) is 94.2 cm³/mol. The molecule has 1 atom stereocenters.